The van der Waals surface area contributed by atoms with Gasteiger partial charge in [0.1, 0.15) is 0 Å². The predicted molar refractivity (Wildman–Crippen MR) is 191 cm³/mol. The highest BCUT2D eigenvalue weighted by molar-refractivity contribution is 5.13. The van der Waals surface area contributed by atoms with Crippen molar-refractivity contribution in [1.29, 1.82) is 0 Å². The molecule has 1 heterocycles. The zero-order valence-corrected chi connectivity index (χ0v) is 30.4. The van der Waals surface area contributed by atoms with Gasteiger partial charge in [-0.25, -0.2) is 4.89 Å². The first-order chi connectivity index (χ1) is 20.7. The van der Waals surface area contributed by atoms with Crippen LogP contribution in [0.4, 0.5) is 0 Å². The molecule has 260 valence electrons. The molecule has 1 fully saturated rings. The van der Waals surface area contributed by atoms with Gasteiger partial charge in [0.25, 0.3) is 0 Å². The van der Waals surface area contributed by atoms with Gasteiger partial charge in [0.15, 0.2) is 6.29 Å². The molecule has 4 N–H and O–H groups in total. The van der Waals surface area contributed by atoms with Crippen LogP contribution in [0.25, 0.3) is 0 Å². The van der Waals surface area contributed by atoms with Crippen molar-refractivity contribution in [2.24, 2.45) is 17.6 Å². The summed E-state index contributed by atoms with van der Waals surface area (Å²) in [5, 5.41) is 18.4. The number of ether oxygens (including phenoxy) is 1. The summed E-state index contributed by atoms with van der Waals surface area (Å²) in [6.07, 6.45) is 20.9. The van der Waals surface area contributed by atoms with Crippen molar-refractivity contribution >= 4 is 0 Å². The normalized spacial score (nSPS) is 22.9. The number of nitrogens with two attached hydrogens (primary N) is 1. The molecule has 1 aliphatic heterocycles. The third kappa shape index (κ3) is 23.0. The highest BCUT2D eigenvalue weighted by Crippen LogP contribution is 2.34. The molecule has 5 atom stereocenters. The number of hydrogen-bond acceptors (Lipinski definition) is 6. The molecule has 0 bridgehead atoms. The molecule has 0 saturated carbocycles. The molecule has 0 radical (unpaired) electrons. The molecule has 0 aromatic heterocycles. The summed E-state index contributed by atoms with van der Waals surface area (Å²) >= 11 is 0. The number of allylic oxidation sites excluding steroid dienone is 4. The van der Waals surface area contributed by atoms with E-state index in [9.17, 15) is 5.11 Å². The second-order valence-electron chi connectivity index (χ2n) is 11.8. The van der Waals surface area contributed by atoms with Crippen molar-refractivity contribution in [3.63, 3.8) is 0 Å². The lowest BCUT2D eigenvalue weighted by Gasteiger charge is -2.31. The van der Waals surface area contributed by atoms with E-state index in [0.29, 0.717) is 12.5 Å². The number of hydrogen-bond donors (Lipinski definition) is 3. The Balaban J connectivity index is -0.000000459. The van der Waals surface area contributed by atoms with Crippen LogP contribution in [0.1, 0.15) is 148 Å². The van der Waals surface area contributed by atoms with Gasteiger partial charge in [0.2, 0.25) is 0 Å². The lowest BCUT2D eigenvalue weighted by molar-refractivity contribution is -0.306. The Kier molecular flexibility index (Phi) is 33.4. The molecule has 0 aromatic carbocycles. The number of aliphatic hydroxyl groups is 1. The molecule has 0 aromatic rings. The van der Waals surface area contributed by atoms with Crippen molar-refractivity contribution in [3.8, 4) is 0 Å². The first-order valence-corrected chi connectivity index (χ1v) is 17.7. The highest BCUT2D eigenvalue weighted by Gasteiger charge is 2.32. The summed E-state index contributed by atoms with van der Waals surface area (Å²) in [6.45, 7) is 28.0. The molecule has 6 nitrogen and oxygen atoms in total. The molecule has 3 aliphatic rings. The van der Waals surface area contributed by atoms with E-state index in [1.807, 2.05) is 41.5 Å². The van der Waals surface area contributed by atoms with Crippen molar-refractivity contribution in [2.75, 3.05) is 19.7 Å². The van der Waals surface area contributed by atoms with Gasteiger partial charge in [-0.2, -0.15) is 0 Å². The minimum absolute atomic E-state index is 0. The summed E-state index contributed by atoms with van der Waals surface area (Å²) in [6, 6.07) is 0.314. The smallest absolute Gasteiger partial charge is 0.170 e. The minimum Gasteiger partial charge on any atom is -0.367 e. The maximum atomic E-state index is 10.5. The second kappa shape index (κ2) is 31.0. The van der Waals surface area contributed by atoms with Crippen molar-refractivity contribution in [3.05, 3.63) is 37.0 Å². The fraction of sp³-hybridized carbons (Fsp3) is 0.838. The SMILES string of the molecule is C=C.CC.CC.CC.CC(C)(C)OO.CCCCO[C@@H](O)C1CCCN1C[C@@H](N)CC1CC=C(C2CC=CCC2)CCC1.[HH]. The van der Waals surface area contributed by atoms with Crippen LogP contribution in [-0.2, 0) is 9.62 Å². The van der Waals surface area contributed by atoms with E-state index >= 15 is 0 Å². The van der Waals surface area contributed by atoms with Crippen molar-refractivity contribution in [1.82, 2.24) is 4.90 Å². The number of likely N-dealkylation sites (tertiary alicyclic amines) is 1. The van der Waals surface area contributed by atoms with E-state index in [1.165, 1.54) is 44.9 Å². The number of rotatable bonds is 10. The zero-order valence-electron chi connectivity index (χ0n) is 30.4. The fourth-order valence-corrected chi connectivity index (χ4v) is 5.51. The van der Waals surface area contributed by atoms with Crippen LogP contribution in [0.3, 0.4) is 0 Å². The summed E-state index contributed by atoms with van der Waals surface area (Å²) in [4.78, 5) is 6.32. The topological polar surface area (TPSA) is 88.2 Å². The maximum Gasteiger partial charge on any atom is 0.170 e. The molecule has 3 unspecified atom stereocenters. The quantitative estimate of drug-likeness (QED) is 0.0746. The van der Waals surface area contributed by atoms with Gasteiger partial charge in [-0.1, -0.05) is 78.7 Å². The molecule has 3 rings (SSSR count). The van der Waals surface area contributed by atoms with E-state index in [0.717, 1.165) is 51.1 Å². The third-order valence-electron chi connectivity index (χ3n) is 7.49. The van der Waals surface area contributed by atoms with Crippen LogP contribution in [-0.4, -0.2) is 58.9 Å². The fourth-order valence-electron chi connectivity index (χ4n) is 5.51. The number of unbranched alkanes of at least 4 members (excludes halogenated alkanes) is 1. The summed E-state index contributed by atoms with van der Waals surface area (Å²) in [7, 11) is 0. The summed E-state index contributed by atoms with van der Waals surface area (Å²) in [5.74, 6) is 1.51. The van der Waals surface area contributed by atoms with Crippen LogP contribution < -0.4 is 5.73 Å². The predicted octanol–water partition coefficient (Wildman–Crippen LogP) is 10.2. The third-order valence-corrected chi connectivity index (χ3v) is 7.49. The molecule has 2 aliphatic carbocycles. The van der Waals surface area contributed by atoms with Gasteiger partial charge >= 0.3 is 0 Å². The lowest BCUT2D eigenvalue weighted by atomic mass is 9.85. The lowest BCUT2D eigenvalue weighted by Crippen LogP contribution is -2.46. The molecular formula is C37H78N2O4. The minimum atomic E-state index is -0.663. The van der Waals surface area contributed by atoms with Crippen molar-refractivity contribution < 1.29 is 21.4 Å². The van der Waals surface area contributed by atoms with Crippen LogP contribution in [0.5, 0.6) is 0 Å². The molecule has 0 amide bonds. The molecule has 6 heteroatoms. The monoisotopic (exact) mass is 615 g/mol. The first kappa shape index (κ1) is 46.4. The number of aliphatic hydroxyl groups excluding tert-OH is 1. The standard InChI is InChI=1S/C25H44N2O2.C4H10O2.3C2H6.C2H4.H2/c1-2-3-17-29-25(28)24-13-8-16-27(24)19-23(26)18-20-9-7-12-22(15-14-20)21-10-5-4-6-11-21;1-4(2,3)6-5;4*1-2;/h4-5,15,20-21,23-25,28H,2-3,6-14,16-19,26H2,1H3;5H,1-3H3;3*1-2H3;1-2H2;1H/t20?,21?,23-,24?,25+;;;;;;/m0....../s1. The van der Waals surface area contributed by atoms with Gasteiger partial charge in [0, 0.05) is 20.6 Å². The Labute approximate surface area is 270 Å². The van der Waals surface area contributed by atoms with Crippen LogP contribution >= 0.6 is 0 Å². The Morgan fingerprint density at radius 2 is 1.65 bits per heavy atom. The summed E-state index contributed by atoms with van der Waals surface area (Å²) in [5.41, 5.74) is 7.92. The maximum absolute atomic E-state index is 10.5. The Bertz CT molecular complexity index is 654. The first-order valence-electron chi connectivity index (χ1n) is 17.7. The van der Waals surface area contributed by atoms with Gasteiger partial charge < -0.3 is 15.6 Å². The Hall–Kier alpha value is -1.02. The Morgan fingerprint density at radius 3 is 2.19 bits per heavy atom. The Morgan fingerprint density at radius 1 is 1.02 bits per heavy atom. The average Bonchev–Trinajstić information content (AvgIpc) is 3.38. The molecular weight excluding hydrogens is 536 g/mol. The largest absolute Gasteiger partial charge is 0.367 e. The van der Waals surface area contributed by atoms with Crippen LogP contribution in [0.2, 0.25) is 0 Å². The van der Waals surface area contributed by atoms with E-state index in [2.05, 4.69) is 48.1 Å². The van der Waals surface area contributed by atoms with E-state index in [1.54, 1.807) is 26.3 Å². The summed E-state index contributed by atoms with van der Waals surface area (Å²) < 4.78 is 5.67. The second-order valence-corrected chi connectivity index (χ2v) is 11.8. The zero-order chi connectivity index (χ0) is 33.7. The van der Waals surface area contributed by atoms with Crippen molar-refractivity contribution in [2.45, 2.75) is 170 Å². The molecule has 1 saturated heterocycles. The average molecular weight is 615 g/mol. The van der Waals surface area contributed by atoms with E-state index in [4.69, 9.17) is 15.7 Å². The molecule has 0 spiro atoms. The van der Waals surface area contributed by atoms with Gasteiger partial charge in [0.05, 0.1) is 11.6 Å². The number of nitrogens with zero attached hydrogens (tertiary/aromatic N) is 1. The van der Waals surface area contributed by atoms with Gasteiger partial charge in [-0.05, 0) is 110 Å². The van der Waals surface area contributed by atoms with Crippen LogP contribution in [0, 0.1) is 11.8 Å². The van der Waals surface area contributed by atoms with Gasteiger partial charge in [-0.3, -0.25) is 10.2 Å². The van der Waals surface area contributed by atoms with Crippen LogP contribution in [0.15, 0.2) is 37.0 Å². The van der Waals surface area contributed by atoms with Gasteiger partial charge in [-0.15, -0.1) is 13.2 Å². The highest BCUT2D eigenvalue weighted by atomic mass is 17.1. The van der Waals surface area contributed by atoms with E-state index in [-0.39, 0.29) is 13.5 Å². The molecule has 43 heavy (non-hydrogen) atoms. The van der Waals surface area contributed by atoms with E-state index < -0.39 is 11.9 Å².